The summed E-state index contributed by atoms with van der Waals surface area (Å²) in [6.07, 6.45) is 5.82. The Morgan fingerprint density at radius 2 is 2.00 bits per heavy atom. The van der Waals surface area contributed by atoms with E-state index in [0.717, 1.165) is 62.4 Å². The smallest absolute Gasteiger partial charge is 0.161 e. The molecule has 3 rings (SSSR count). The van der Waals surface area contributed by atoms with Gasteiger partial charge in [-0.1, -0.05) is 13.0 Å². The lowest BCUT2D eigenvalue weighted by Crippen LogP contribution is -2.53. The Labute approximate surface area is 168 Å². The van der Waals surface area contributed by atoms with E-state index in [-0.39, 0.29) is 5.54 Å². The Balaban J connectivity index is 1.58. The Morgan fingerprint density at radius 3 is 2.64 bits per heavy atom. The second-order valence-corrected chi connectivity index (χ2v) is 8.10. The molecule has 1 atom stereocenters. The molecular formula is C22H34N4O2. The van der Waals surface area contributed by atoms with Crippen molar-refractivity contribution in [3.8, 4) is 11.5 Å². The summed E-state index contributed by atoms with van der Waals surface area (Å²) < 4.78 is 11.3. The summed E-state index contributed by atoms with van der Waals surface area (Å²) in [6.45, 7) is 7.82. The lowest BCUT2D eigenvalue weighted by molar-refractivity contribution is 0.148. The number of nitrogens with zero attached hydrogens (tertiary/aromatic N) is 2. The maximum atomic E-state index is 6.69. The van der Waals surface area contributed by atoms with Crippen molar-refractivity contribution >= 4 is 6.21 Å². The number of aliphatic imine (C=N–C) groups is 1. The van der Waals surface area contributed by atoms with Crippen molar-refractivity contribution in [1.82, 2.24) is 4.90 Å². The molecule has 1 saturated heterocycles. The van der Waals surface area contributed by atoms with Crippen molar-refractivity contribution in [3.63, 3.8) is 0 Å². The first kappa shape index (κ1) is 20.7. The molecule has 0 aliphatic carbocycles. The maximum Gasteiger partial charge on any atom is 0.161 e. The molecule has 6 heteroatoms. The molecule has 2 heterocycles. The van der Waals surface area contributed by atoms with E-state index in [1.54, 1.807) is 7.11 Å². The van der Waals surface area contributed by atoms with Crippen LogP contribution in [0.3, 0.4) is 0 Å². The van der Waals surface area contributed by atoms with E-state index in [1.807, 2.05) is 19.2 Å². The molecule has 4 N–H and O–H groups in total. The molecule has 28 heavy (non-hydrogen) atoms. The third kappa shape index (κ3) is 4.67. The van der Waals surface area contributed by atoms with Gasteiger partial charge in [0.2, 0.25) is 0 Å². The molecule has 0 saturated carbocycles. The largest absolute Gasteiger partial charge is 0.493 e. The highest BCUT2D eigenvalue weighted by molar-refractivity contribution is 5.74. The van der Waals surface area contributed by atoms with Gasteiger partial charge in [0.1, 0.15) is 5.82 Å². The van der Waals surface area contributed by atoms with Crippen LogP contribution in [0.4, 0.5) is 0 Å². The normalized spacial score (nSPS) is 23.9. The van der Waals surface area contributed by atoms with Crippen LogP contribution in [0.2, 0.25) is 0 Å². The highest BCUT2D eigenvalue weighted by Crippen LogP contribution is 2.34. The van der Waals surface area contributed by atoms with Crippen LogP contribution in [0.25, 0.3) is 0 Å². The number of hydrogen-bond donors (Lipinski definition) is 2. The van der Waals surface area contributed by atoms with Crippen LogP contribution in [-0.4, -0.2) is 43.5 Å². The first-order valence-corrected chi connectivity index (χ1v) is 10.3. The van der Waals surface area contributed by atoms with Crippen molar-refractivity contribution in [2.45, 2.75) is 51.6 Å². The van der Waals surface area contributed by atoms with Crippen LogP contribution in [0.1, 0.15) is 45.1 Å². The minimum atomic E-state index is -0.361. The van der Waals surface area contributed by atoms with E-state index in [0.29, 0.717) is 18.3 Å². The van der Waals surface area contributed by atoms with Crippen molar-refractivity contribution in [2.75, 3.05) is 26.8 Å². The van der Waals surface area contributed by atoms with Crippen molar-refractivity contribution in [3.05, 3.63) is 35.2 Å². The van der Waals surface area contributed by atoms with E-state index in [4.69, 9.17) is 20.9 Å². The molecule has 1 aromatic rings. The van der Waals surface area contributed by atoms with Gasteiger partial charge in [0, 0.05) is 12.8 Å². The summed E-state index contributed by atoms with van der Waals surface area (Å²) >= 11 is 0. The molecular weight excluding hydrogens is 352 g/mol. The lowest BCUT2D eigenvalue weighted by Gasteiger charge is -2.42. The molecule has 154 valence electrons. The fourth-order valence-electron chi connectivity index (χ4n) is 4.18. The summed E-state index contributed by atoms with van der Waals surface area (Å²) in [4.78, 5) is 6.83. The Hall–Kier alpha value is -2.05. The van der Waals surface area contributed by atoms with E-state index >= 15 is 0 Å². The molecule has 0 amide bonds. The molecule has 0 bridgehead atoms. The van der Waals surface area contributed by atoms with Crippen LogP contribution >= 0.6 is 0 Å². The number of nitrogens with two attached hydrogens (primary N) is 2. The van der Waals surface area contributed by atoms with E-state index < -0.39 is 0 Å². The van der Waals surface area contributed by atoms with Crippen LogP contribution < -0.4 is 20.9 Å². The maximum absolute atomic E-state index is 6.69. The second kappa shape index (κ2) is 8.97. The van der Waals surface area contributed by atoms with Gasteiger partial charge < -0.3 is 20.9 Å². The van der Waals surface area contributed by atoms with Gasteiger partial charge in [0.05, 0.1) is 19.3 Å². The molecule has 1 aromatic carbocycles. The quantitative estimate of drug-likeness (QED) is 0.752. The number of methoxy groups -OCH3 is 1. The predicted molar refractivity (Wildman–Crippen MR) is 114 cm³/mol. The zero-order valence-corrected chi connectivity index (χ0v) is 17.4. The highest BCUT2D eigenvalue weighted by Gasteiger charge is 2.37. The number of likely N-dealkylation sites (tertiary alicyclic amines) is 1. The van der Waals surface area contributed by atoms with Crippen molar-refractivity contribution < 1.29 is 9.47 Å². The number of hydrogen-bond acceptors (Lipinski definition) is 6. The van der Waals surface area contributed by atoms with Crippen LogP contribution in [-0.2, 0) is 6.54 Å². The summed E-state index contributed by atoms with van der Waals surface area (Å²) in [5.74, 6) is 2.69. The number of benzene rings is 1. The van der Waals surface area contributed by atoms with Gasteiger partial charge in [-0.05, 0) is 74.9 Å². The number of ether oxygens (including phenoxy) is 2. The van der Waals surface area contributed by atoms with Gasteiger partial charge in [-0.15, -0.1) is 0 Å². The Morgan fingerprint density at radius 1 is 1.25 bits per heavy atom. The van der Waals surface area contributed by atoms with E-state index in [1.165, 1.54) is 5.56 Å². The number of rotatable bonds is 7. The van der Waals surface area contributed by atoms with Crippen LogP contribution in [0, 0.1) is 5.92 Å². The molecule has 2 aliphatic heterocycles. The monoisotopic (exact) mass is 386 g/mol. The summed E-state index contributed by atoms with van der Waals surface area (Å²) in [7, 11) is 1.68. The highest BCUT2D eigenvalue weighted by atomic mass is 16.5. The second-order valence-electron chi connectivity index (χ2n) is 8.10. The summed E-state index contributed by atoms with van der Waals surface area (Å²) in [5, 5.41) is 0. The third-order valence-electron chi connectivity index (χ3n) is 5.90. The van der Waals surface area contributed by atoms with E-state index in [9.17, 15) is 0 Å². The predicted octanol–water partition coefficient (Wildman–Crippen LogP) is 3.06. The van der Waals surface area contributed by atoms with Crippen molar-refractivity contribution in [2.24, 2.45) is 22.4 Å². The topological polar surface area (TPSA) is 86.1 Å². The Bertz CT molecular complexity index is 738. The van der Waals surface area contributed by atoms with Gasteiger partial charge in [-0.3, -0.25) is 4.90 Å². The minimum Gasteiger partial charge on any atom is -0.493 e. The number of piperidine rings is 1. The van der Waals surface area contributed by atoms with Gasteiger partial charge in [0.15, 0.2) is 11.5 Å². The molecule has 6 nitrogen and oxygen atoms in total. The van der Waals surface area contributed by atoms with Gasteiger partial charge in [0.25, 0.3) is 0 Å². The molecule has 0 aromatic heterocycles. The van der Waals surface area contributed by atoms with Crippen LogP contribution in [0.15, 0.2) is 34.6 Å². The molecule has 1 unspecified atom stereocenters. The van der Waals surface area contributed by atoms with E-state index in [2.05, 4.69) is 28.9 Å². The molecule has 0 spiro atoms. The first-order valence-electron chi connectivity index (χ1n) is 10.3. The fraction of sp³-hybridized carbons (Fsp3) is 0.591. The fourth-order valence-corrected chi connectivity index (χ4v) is 4.18. The average molecular weight is 387 g/mol. The molecule has 2 aliphatic rings. The zero-order valence-electron chi connectivity index (χ0n) is 17.4. The SMILES string of the molecule is CCCOc1cc(CN2CCC(C3(N)C=NC(N)=C(C)C3)CC2)ccc1OC. The lowest BCUT2D eigenvalue weighted by atomic mass is 9.74. The molecule has 0 radical (unpaired) electrons. The first-order chi connectivity index (χ1) is 13.4. The summed E-state index contributed by atoms with van der Waals surface area (Å²) in [6, 6.07) is 6.23. The minimum absolute atomic E-state index is 0.361. The van der Waals surface area contributed by atoms with Gasteiger partial charge in [-0.25, -0.2) is 4.99 Å². The van der Waals surface area contributed by atoms with Gasteiger partial charge >= 0.3 is 0 Å². The standard InChI is InChI=1S/C22H34N4O2/c1-4-11-28-20-12-17(5-6-19(20)27-3)14-26-9-7-18(8-10-26)22(24)13-16(2)21(23)25-15-22/h5-6,12,15,18H,4,7-11,13-14,23-24H2,1-3H3. The molecule has 1 fully saturated rings. The van der Waals surface area contributed by atoms with Crippen molar-refractivity contribution in [1.29, 1.82) is 0 Å². The average Bonchev–Trinajstić information content (AvgIpc) is 2.70. The zero-order chi connectivity index (χ0) is 20.1. The van der Waals surface area contributed by atoms with Gasteiger partial charge in [-0.2, -0.15) is 0 Å². The Kier molecular flexibility index (Phi) is 6.62. The summed E-state index contributed by atoms with van der Waals surface area (Å²) in [5.41, 5.74) is 14.6. The van der Waals surface area contributed by atoms with Crippen LogP contribution in [0.5, 0.6) is 11.5 Å². The third-order valence-corrected chi connectivity index (χ3v) is 5.90.